The van der Waals surface area contributed by atoms with Gasteiger partial charge in [-0.2, -0.15) is 4.99 Å². The van der Waals surface area contributed by atoms with Gasteiger partial charge in [0, 0.05) is 12.1 Å². The number of ether oxygens (including phenoxy) is 2. The zero-order valence-electron chi connectivity index (χ0n) is 11.0. The van der Waals surface area contributed by atoms with Crippen molar-refractivity contribution in [1.29, 1.82) is 0 Å². The number of aliphatic imine (C=N–C) groups is 1. The molecule has 19 heavy (non-hydrogen) atoms. The molecule has 7 heteroatoms. The molecule has 7 nitrogen and oxygen atoms in total. The average Bonchev–Trinajstić information content (AvgIpc) is 2.36. The van der Waals surface area contributed by atoms with Crippen LogP contribution in [-0.4, -0.2) is 30.1 Å². The lowest BCUT2D eigenvalue weighted by Crippen LogP contribution is -2.22. The molecule has 0 saturated carbocycles. The Balaban J connectivity index is 2.76. The summed E-state index contributed by atoms with van der Waals surface area (Å²) in [5, 5.41) is 0.804. The third-order valence-electron chi connectivity index (χ3n) is 2.59. The molecule has 0 aliphatic heterocycles. The van der Waals surface area contributed by atoms with Crippen LogP contribution in [0.5, 0.6) is 11.5 Å². The summed E-state index contributed by atoms with van der Waals surface area (Å²) in [5.41, 5.74) is 12.0. The summed E-state index contributed by atoms with van der Waals surface area (Å²) >= 11 is 0. The van der Waals surface area contributed by atoms with Crippen LogP contribution in [0.25, 0.3) is 10.9 Å². The summed E-state index contributed by atoms with van der Waals surface area (Å²) in [5.74, 6) is 1.40. The van der Waals surface area contributed by atoms with Gasteiger partial charge in [0.15, 0.2) is 5.96 Å². The van der Waals surface area contributed by atoms with Gasteiger partial charge < -0.3 is 20.9 Å². The lowest BCUT2D eigenvalue weighted by Gasteiger charge is -2.10. The molecular weight excluding hydrogens is 246 g/mol. The summed E-state index contributed by atoms with van der Waals surface area (Å²) in [6.07, 6.45) is 0. The summed E-state index contributed by atoms with van der Waals surface area (Å²) in [6, 6.07) is 3.55. The van der Waals surface area contributed by atoms with E-state index < -0.39 is 0 Å². The molecule has 2 rings (SSSR count). The van der Waals surface area contributed by atoms with Crippen molar-refractivity contribution in [1.82, 2.24) is 9.97 Å². The SMILES string of the molecule is COc1cc(OC)c2c(C)nc(N=C(N)N)nc2c1. The number of methoxy groups -OCH3 is 2. The molecule has 1 aromatic carbocycles. The zero-order valence-corrected chi connectivity index (χ0v) is 11.0. The summed E-state index contributed by atoms with van der Waals surface area (Å²) < 4.78 is 10.5. The average molecular weight is 261 g/mol. The number of nitrogens with two attached hydrogens (primary N) is 2. The second-order valence-corrected chi connectivity index (χ2v) is 3.87. The maximum absolute atomic E-state index is 5.33. The van der Waals surface area contributed by atoms with Crippen LogP contribution in [0, 0.1) is 6.92 Å². The summed E-state index contributed by atoms with van der Waals surface area (Å²) in [7, 11) is 3.16. The molecule has 0 aliphatic rings. The summed E-state index contributed by atoms with van der Waals surface area (Å²) in [4.78, 5) is 12.4. The number of aryl methyl sites for hydroxylation is 1. The van der Waals surface area contributed by atoms with Gasteiger partial charge in [0.05, 0.1) is 30.8 Å². The highest BCUT2D eigenvalue weighted by atomic mass is 16.5. The van der Waals surface area contributed by atoms with Crippen molar-refractivity contribution >= 4 is 22.8 Å². The van der Waals surface area contributed by atoms with E-state index in [-0.39, 0.29) is 11.9 Å². The van der Waals surface area contributed by atoms with E-state index >= 15 is 0 Å². The molecule has 2 aromatic rings. The van der Waals surface area contributed by atoms with Crippen LogP contribution in [0.3, 0.4) is 0 Å². The smallest absolute Gasteiger partial charge is 0.253 e. The Labute approximate surface area is 110 Å². The first-order valence-electron chi connectivity index (χ1n) is 5.55. The van der Waals surface area contributed by atoms with Gasteiger partial charge in [0.25, 0.3) is 5.95 Å². The van der Waals surface area contributed by atoms with E-state index in [4.69, 9.17) is 20.9 Å². The molecular formula is C12H15N5O2. The number of hydrogen-bond acceptors (Lipinski definition) is 5. The van der Waals surface area contributed by atoms with Crippen LogP contribution >= 0.6 is 0 Å². The molecule has 1 aromatic heterocycles. The number of hydrogen-bond donors (Lipinski definition) is 2. The number of fused-ring (bicyclic) bond motifs is 1. The normalized spacial score (nSPS) is 10.3. The van der Waals surface area contributed by atoms with E-state index in [9.17, 15) is 0 Å². The van der Waals surface area contributed by atoms with Crippen LogP contribution in [0.1, 0.15) is 5.69 Å². The Morgan fingerprint density at radius 3 is 2.47 bits per heavy atom. The van der Waals surface area contributed by atoms with Crippen molar-refractivity contribution in [3.8, 4) is 11.5 Å². The molecule has 4 N–H and O–H groups in total. The van der Waals surface area contributed by atoms with Gasteiger partial charge in [0.1, 0.15) is 11.5 Å². The predicted molar refractivity (Wildman–Crippen MR) is 72.8 cm³/mol. The van der Waals surface area contributed by atoms with Crippen LogP contribution in [-0.2, 0) is 0 Å². The molecule has 0 saturated heterocycles. The van der Waals surface area contributed by atoms with E-state index in [1.807, 2.05) is 6.92 Å². The minimum Gasteiger partial charge on any atom is -0.497 e. The predicted octanol–water partition coefficient (Wildman–Crippen LogP) is 0.860. The highest BCUT2D eigenvalue weighted by Crippen LogP contribution is 2.32. The molecule has 100 valence electrons. The van der Waals surface area contributed by atoms with Crippen molar-refractivity contribution < 1.29 is 9.47 Å². The highest BCUT2D eigenvalue weighted by Gasteiger charge is 2.11. The highest BCUT2D eigenvalue weighted by molar-refractivity contribution is 5.89. The van der Waals surface area contributed by atoms with E-state index in [0.29, 0.717) is 17.0 Å². The monoisotopic (exact) mass is 261 g/mol. The standard InChI is InChI=1S/C12H15N5O2/c1-6-10-8(16-12(15-6)17-11(13)14)4-7(18-2)5-9(10)19-3/h4-5H,1-3H3,(H4,13,14,15,16,17). The van der Waals surface area contributed by atoms with E-state index in [1.165, 1.54) is 0 Å². The molecule has 0 spiro atoms. The molecule has 0 radical (unpaired) electrons. The third-order valence-corrected chi connectivity index (χ3v) is 2.59. The number of benzene rings is 1. The molecule has 0 fully saturated rings. The van der Waals surface area contributed by atoms with Crippen LogP contribution < -0.4 is 20.9 Å². The van der Waals surface area contributed by atoms with Gasteiger partial charge in [0.2, 0.25) is 0 Å². The van der Waals surface area contributed by atoms with Crippen molar-refractivity contribution in [3.05, 3.63) is 17.8 Å². The van der Waals surface area contributed by atoms with Crippen molar-refractivity contribution in [2.24, 2.45) is 16.5 Å². The van der Waals surface area contributed by atoms with Crippen LogP contribution in [0.2, 0.25) is 0 Å². The fourth-order valence-electron chi connectivity index (χ4n) is 1.81. The van der Waals surface area contributed by atoms with Gasteiger partial charge in [-0.3, -0.25) is 0 Å². The lowest BCUT2D eigenvalue weighted by atomic mass is 10.1. The molecule has 1 heterocycles. The molecule has 0 unspecified atom stereocenters. The van der Waals surface area contributed by atoms with Crippen molar-refractivity contribution in [2.45, 2.75) is 6.92 Å². The maximum atomic E-state index is 5.33. The van der Waals surface area contributed by atoms with Gasteiger partial charge in [-0.15, -0.1) is 0 Å². The number of aromatic nitrogens is 2. The Hall–Kier alpha value is -2.57. The Morgan fingerprint density at radius 2 is 1.89 bits per heavy atom. The number of rotatable bonds is 3. The van der Waals surface area contributed by atoms with Crippen molar-refractivity contribution in [2.75, 3.05) is 14.2 Å². The second kappa shape index (κ2) is 4.97. The molecule has 0 bridgehead atoms. The molecule has 0 amide bonds. The quantitative estimate of drug-likeness (QED) is 0.626. The Kier molecular flexibility index (Phi) is 3.37. The maximum Gasteiger partial charge on any atom is 0.253 e. The first-order chi connectivity index (χ1) is 9.05. The van der Waals surface area contributed by atoms with Crippen LogP contribution in [0.4, 0.5) is 5.95 Å². The largest absolute Gasteiger partial charge is 0.497 e. The topological polar surface area (TPSA) is 109 Å². The molecule has 0 aliphatic carbocycles. The van der Waals surface area contributed by atoms with Gasteiger partial charge in [-0.1, -0.05) is 0 Å². The minimum atomic E-state index is -0.0892. The van der Waals surface area contributed by atoms with E-state index in [0.717, 1.165) is 11.1 Å². The van der Waals surface area contributed by atoms with Gasteiger partial charge >= 0.3 is 0 Å². The fraction of sp³-hybridized carbons (Fsp3) is 0.250. The Morgan fingerprint density at radius 1 is 1.16 bits per heavy atom. The van der Waals surface area contributed by atoms with E-state index in [1.54, 1.807) is 26.4 Å². The minimum absolute atomic E-state index is 0.0892. The third kappa shape index (κ3) is 2.49. The lowest BCUT2D eigenvalue weighted by molar-refractivity contribution is 0.397. The van der Waals surface area contributed by atoms with Crippen molar-refractivity contribution in [3.63, 3.8) is 0 Å². The second-order valence-electron chi connectivity index (χ2n) is 3.87. The first kappa shape index (κ1) is 12.9. The van der Waals surface area contributed by atoms with Crippen LogP contribution in [0.15, 0.2) is 17.1 Å². The fourth-order valence-corrected chi connectivity index (χ4v) is 1.81. The van der Waals surface area contributed by atoms with E-state index in [2.05, 4.69) is 15.0 Å². The molecule has 0 atom stereocenters. The Bertz CT molecular complexity index is 650. The van der Waals surface area contributed by atoms with Gasteiger partial charge in [-0.05, 0) is 6.92 Å². The van der Waals surface area contributed by atoms with Gasteiger partial charge in [-0.25, -0.2) is 9.97 Å². The number of guanidine groups is 1. The summed E-state index contributed by atoms with van der Waals surface area (Å²) in [6.45, 7) is 1.84. The zero-order chi connectivity index (χ0) is 14.0. The number of nitrogens with zero attached hydrogens (tertiary/aromatic N) is 3. The first-order valence-corrected chi connectivity index (χ1v) is 5.55.